The third kappa shape index (κ3) is 3.18. The highest BCUT2D eigenvalue weighted by molar-refractivity contribution is 9.10. The van der Waals surface area contributed by atoms with Crippen molar-refractivity contribution in [3.05, 3.63) is 62.7 Å². The number of pyridine rings is 2. The fourth-order valence-corrected chi connectivity index (χ4v) is 4.94. The molecule has 0 bridgehead atoms. The van der Waals surface area contributed by atoms with Crippen LogP contribution in [0.1, 0.15) is 17.3 Å². The number of aliphatic hydroxyl groups excluding tert-OH is 1. The monoisotopic (exact) mass is 461 g/mol. The first-order chi connectivity index (χ1) is 14.0. The van der Waals surface area contributed by atoms with E-state index in [1.807, 2.05) is 0 Å². The number of aromatic nitrogens is 2. The van der Waals surface area contributed by atoms with Crippen LogP contribution in [0.25, 0.3) is 0 Å². The van der Waals surface area contributed by atoms with Gasteiger partial charge < -0.3 is 19.3 Å². The second kappa shape index (κ2) is 7.72. The molecule has 0 aromatic carbocycles. The van der Waals surface area contributed by atoms with Crippen LogP contribution in [-0.4, -0.2) is 51.2 Å². The summed E-state index contributed by atoms with van der Waals surface area (Å²) in [5.41, 5.74) is 1.19. The van der Waals surface area contributed by atoms with Crippen LogP contribution >= 0.6 is 15.9 Å². The van der Waals surface area contributed by atoms with Gasteiger partial charge in [-0.1, -0.05) is 6.07 Å². The molecule has 8 nitrogen and oxygen atoms in total. The third-order valence-electron chi connectivity index (χ3n) is 5.84. The summed E-state index contributed by atoms with van der Waals surface area (Å²) in [4.78, 5) is 44.0. The summed E-state index contributed by atoms with van der Waals surface area (Å²) < 4.78 is 7.00. The number of methoxy groups -OCH3 is 1. The van der Waals surface area contributed by atoms with E-state index in [0.29, 0.717) is 16.7 Å². The molecule has 4 heterocycles. The Morgan fingerprint density at radius 3 is 2.79 bits per heavy atom. The first-order valence-corrected chi connectivity index (χ1v) is 10.0. The second-order valence-electron chi connectivity index (χ2n) is 7.28. The lowest BCUT2D eigenvalue weighted by Gasteiger charge is -2.30. The van der Waals surface area contributed by atoms with Crippen LogP contribution in [0.2, 0.25) is 0 Å². The van der Waals surface area contributed by atoms with Crippen molar-refractivity contribution in [3.8, 4) is 0 Å². The Hall–Kier alpha value is -2.52. The van der Waals surface area contributed by atoms with Gasteiger partial charge in [-0.25, -0.2) is 4.79 Å². The number of hydrogen-bond donors (Lipinski definition) is 1. The van der Waals surface area contributed by atoms with Crippen LogP contribution in [0.3, 0.4) is 0 Å². The number of rotatable bonds is 4. The summed E-state index contributed by atoms with van der Waals surface area (Å²) in [5, 5.41) is 10.1. The first kappa shape index (κ1) is 19.8. The molecule has 0 saturated carbocycles. The van der Waals surface area contributed by atoms with Crippen molar-refractivity contribution >= 4 is 27.8 Å². The van der Waals surface area contributed by atoms with Gasteiger partial charge in [-0.3, -0.25) is 14.6 Å². The molecule has 2 aliphatic rings. The summed E-state index contributed by atoms with van der Waals surface area (Å²) in [6.45, 7) is 0.0369. The van der Waals surface area contributed by atoms with Crippen LogP contribution in [0.5, 0.6) is 0 Å². The van der Waals surface area contributed by atoms with Crippen molar-refractivity contribution in [2.45, 2.75) is 25.0 Å². The van der Waals surface area contributed by atoms with Gasteiger partial charge in [-0.2, -0.15) is 0 Å². The van der Waals surface area contributed by atoms with Gasteiger partial charge in [0.2, 0.25) is 5.91 Å². The summed E-state index contributed by atoms with van der Waals surface area (Å²) in [7, 11) is 1.27. The normalized spacial score (nSPS) is 24.9. The fraction of sp³-hybridized carbons (Fsp3) is 0.400. The summed E-state index contributed by atoms with van der Waals surface area (Å²) >= 11 is 3.25. The third-order valence-corrected chi connectivity index (χ3v) is 6.44. The molecule has 1 amide bonds. The van der Waals surface area contributed by atoms with Crippen molar-refractivity contribution in [2.75, 3.05) is 13.7 Å². The molecule has 4 rings (SSSR count). The molecule has 9 heteroatoms. The van der Waals surface area contributed by atoms with Crippen LogP contribution < -0.4 is 5.56 Å². The number of halogens is 1. The number of fused-ring (bicyclic) bond motifs is 3. The Morgan fingerprint density at radius 1 is 1.34 bits per heavy atom. The van der Waals surface area contributed by atoms with E-state index in [2.05, 4.69) is 20.9 Å². The van der Waals surface area contributed by atoms with Gasteiger partial charge in [-0.15, -0.1) is 0 Å². The smallest absolute Gasteiger partial charge is 0.328 e. The summed E-state index contributed by atoms with van der Waals surface area (Å²) in [5.74, 6) is -1.63. The van der Waals surface area contributed by atoms with E-state index in [9.17, 15) is 19.5 Å². The highest BCUT2D eigenvalue weighted by Crippen LogP contribution is 2.49. The largest absolute Gasteiger partial charge is 0.467 e. The maximum absolute atomic E-state index is 13.3. The lowest BCUT2D eigenvalue weighted by atomic mass is 9.88. The van der Waals surface area contributed by atoms with Crippen LogP contribution in [-0.2, 0) is 27.3 Å². The molecule has 0 unspecified atom stereocenters. The predicted octanol–water partition coefficient (Wildman–Crippen LogP) is 0.912. The van der Waals surface area contributed by atoms with Gasteiger partial charge in [-0.05, 0) is 39.7 Å². The van der Waals surface area contributed by atoms with Gasteiger partial charge in [0.15, 0.2) is 0 Å². The molecule has 0 aliphatic carbocycles. The minimum Gasteiger partial charge on any atom is -0.467 e. The van der Waals surface area contributed by atoms with E-state index in [0.717, 1.165) is 5.56 Å². The topological polar surface area (TPSA) is 102 Å². The Labute approximate surface area is 175 Å². The van der Waals surface area contributed by atoms with E-state index in [1.54, 1.807) is 41.2 Å². The van der Waals surface area contributed by atoms with E-state index >= 15 is 0 Å². The maximum Gasteiger partial charge on any atom is 0.328 e. The Kier molecular flexibility index (Phi) is 5.26. The molecule has 2 aromatic heterocycles. The number of nitrogens with zero attached hydrogens (tertiary/aromatic N) is 3. The van der Waals surface area contributed by atoms with E-state index in [-0.39, 0.29) is 30.4 Å². The number of ether oxygens (including phenoxy) is 1. The number of carbonyl (C=O) groups is 2. The Morgan fingerprint density at radius 2 is 2.14 bits per heavy atom. The van der Waals surface area contributed by atoms with Crippen molar-refractivity contribution in [1.29, 1.82) is 0 Å². The second-order valence-corrected chi connectivity index (χ2v) is 8.14. The quantitative estimate of drug-likeness (QED) is 0.679. The highest BCUT2D eigenvalue weighted by Gasteiger charge is 2.57. The average Bonchev–Trinajstić information content (AvgIpc) is 3.25. The molecule has 0 spiro atoms. The van der Waals surface area contributed by atoms with E-state index < -0.39 is 24.0 Å². The Balaban J connectivity index is 1.79. The predicted molar refractivity (Wildman–Crippen MR) is 106 cm³/mol. The highest BCUT2D eigenvalue weighted by atomic mass is 79.9. The standard InChI is InChI=1S/C20H20BrN3O5/c1-29-20(28)18-13(10-25)12-9-23-15(5-4-14(21)19(23)27)17(12)24(18)16(26)7-11-3-2-6-22-8-11/h2-6,8,12-13,17-18,25H,7,9-10H2,1H3/t12-,13-,17+,18-/m0/s1. The molecule has 1 saturated heterocycles. The van der Waals surface area contributed by atoms with Gasteiger partial charge in [0, 0.05) is 43.1 Å². The summed E-state index contributed by atoms with van der Waals surface area (Å²) in [6.07, 6.45) is 3.28. The molecule has 1 fully saturated rings. The van der Waals surface area contributed by atoms with E-state index in [4.69, 9.17) is 4.74 Å². The van der Waals surface area contributed by atoms with Crippen LogP contribution in [0, 0.1) is 11.8 Å². The lowest BCUT2D eigenvalue weighted by Crippen LogP contribution is -2.47. The molecule has 4 atom stereocenters. The molecule has 2 aliphatic heterocycles. The molecular weight excluding hydrogens is 442 g/mol. The van der Waals surface area contributed by atoms with Crippen molar-refractivity contribution in [2.24, 2.45) is 11.8 Å². The molecule has 29 heavy (non-hydrogen) atoms. The number of carbonyl (C=O) groups excluding carboxylic acids is 2. The molecule has 1 N–H and O–H groups in total. The number of esters is 1. The average molecular weight is 462 g/mol. The lowest BCUT2D eigenvalue weighted by molar-refractivity contribution is -0.154. The van der Waals surface area contributed by atoms with Gasteiger partial charge in [0.05, 0.1) is 24.0 Å². The van der Waals surface area contributed by atoms with Gasteiger partial charge in [0.1, 0.15) is 6.04 Å². The van der Waals surface area contributed by atoms with Crippen molar-refractivity contribution < 1.29 is 19.4 Å². The minimum absolute atomic E-state index is 0.0590. The van der Waals surface area contributed by atoms with Gasteiger partial charge in [0.25, 0.3) is 5.56 Å². The number of hydrogen-bond acceptors (Lipinski definition) is 6. The fourth-order valence-electron chi connectivity index (χ4n) is 4.60. The van der Waals surface area contributed by atoms with E-state index in [1.165, 1.54) is 12.0 Å². The number of likely N-dealkylation sites (tertiary alicyclic amines) is 1. The Bertz CT molecular complexity index is 1010. The van der Waals surface area contributed by atoms with Crippen molar-refractivity contribution in [1.82, 2.24) is 14.5 Å². The first-order valence-electron chi connectivity index (χ1n) is 9.26. The molecule has 0 radical (unpaired) electrons. The SMILES string of the molecule is COC(=O)[C@@H]1[C@@H](CO)[C@@H]2Cn3c(ccc(Br)c3=O)[C@@H]2N1C(=O)Cc1cccnc1. The number of amides is 1. The minimum atomic E-state index is -0.906. The van der Waals surface area contributed by atoms with Crippen LogP contribution in [0.15, 0.2) is 45.9 Å². The van der Waals surface area contributed by atoms with Crippen molar-refractivity contribution in [3.63, 3.8) is 0 Å². The zero-order chi connectivity index (χ0) is 20.7. The zero-order valence-corrected chi connectivity index (χ0v) is 17.3. The maximum atomic E-state index is 13.3. The van der Waals surface area contributed by atoms with Gasteiger partial charge >= 0.3 is 5.97 Å². The number of aliphatic hydroxyl groups is 1. The van der Waals surface area contributed by atoms with Crippen LogP contribution in [0.4, 0.5) is 0 Å². The molecule has 2 aromatic rings. The summed E-state index contributed by atoms with van der Waals surface area (Å²) in [6, 6.07) is 5.58. The zero-order valence-electron chi connectivity index (χ0n) is 15.7. The molecule has 152 valence electrons. The molecular formula is C20H20BrN3O5.